The van der Waals surface area contributed by atoms with E-state index in [1.165, 1.54) is 0 Å². The highest BCUT2D eigenvalue weighted by atomic mass is 16.5. The maximum absolute atomic E-state index is 10.6. The molecule has 1 fully saturated rings. The van der Waals surface area contributed by atoms with Gasteiger partial charge in [-0.15, -0.1) is 0 Å². The van der Waals surface area contributed by atoms with E-state index in [1.54, 1.807) is 0 Å². The summed E-state index contributed by atoms with van der Waals surface area (Å²) in [6, 6.07) is 2.64. The molecular formula is C15H27N3O2. The Morgan fingerprint density at radius 1 is 1.65 bits per heavy atom. The standard InChI is InChI=1S/C15H27N3O2/c1-4-12(2)18-7-5-13(17-18)9-15(3,19)10-14-11-20-8-6-16-14/h5,7,12,14,16,19H,4,6,8-11H2,1-3H3. The van der Waals surface area contributed by atoms with Crippen molar-refractivity contribution in [3.05, 3.63) is 18.0 Å². The van der Waals surface area contributed by atoms with Gasteiger partial charge in [0.25, 0.3) is 0 Å². The molecular weight excluding hydrogens is 254 g/mol. The Morgan fingerprint density at radius 2 is 2.45 bits per heavy atom. The van der Waals surface area contributed by atoms with Crippen LogP contribution in [0.2, 0.25) is 0 Å². The Bertz CT molecular complexity index is 411. The monoisotopic (exact) mass is 281 g/mol. The van der Waals surface area contributed by atoms with Gasteiger partial charge >= 0.3 is 0 Å². The molecule has 1 aliphatic heterocycles. The summed E-state index contributed by atoms with van der Waals surface area (Å²) >= 11 is 0. The number of morpholine rings is 1. The first-order valence-electron chi connectivity index (χ1n) is 7.58. The predicted octanol–water partition coefficient (Wildman–Crippen LogP) is 1.53. The van der Waals surface area contributed by atoms with Crippen molar-refractivity contribution >= 4 is 0 Å². The summed E-state index contributed by atoms with van der Waals surface area (Å²) in [6.45, 7) is 8.49. The van der Waals surface area contributed by atoms with E-state index in [1.807, 2.05) is 23.9 Å². The van der Waals surface area contributed by atoms with E-state index >= 15 is 0 Å². The van der Waals surface area contributed by atoms with Crippen LogP contribution >= 0.6 is 0 Å². The molecule has 0 aromatic carbocycles. The van der Waals surface area contributed by atoms with Crippen molar-refractivity contribution in [2.45, 2.75) is 57.7 Å². The first-order valence-corrected chi connectivity index (χ1v) is 7.58. The Kier molecular flexibility index (Phi) is 5.18. The first-order chi connectivity index (χ1) is 9.50. The molecule has 0 saturated carbocycles. The third kappa shape index (κ3) is 4.30. The number of rotatable bonds is 6. The summed E-state index contributed by atoms with van der Waals surface area (Å²) in [7, 11) is 0. The first kappa shape index (κ1) is 15.5. The van der Waals surface area contributed by atoms with Gasteiger partial charge in [-0.3, -0.25) is 4.68 Å². The zero-order valence-electron chi connectivity index (χ0n) is 12.8. The molecule has 3 unspecified atom stereocenters. The van der Waals surface area contributed by atoms with Gasteiger partial charge in [-0.1, -0.05) is 6.92 Å². The quantitative estimate of drug-likeness (QED) is 0.830. The molecule has 5 nitrogen and oxygen atoms in total. The van der Waals surface area contributed by atoms with Gasteiger partial charge in [0.05, 0.1) is 24.5 Å². The van der Waals surface area contributed by atoms with Crippen LogP contribution in [0.1, 0.15) is 45.3 Å². The van der Waals surface area contributed by atoms with E-state index in [9.17, 15) is 5.11 Å². The number of aliphatic hydroxyl groups is 1. The molecule has 2 rings (SSSR count). The van der Waals surface area contributed by atoms with Crippen LogP contribution in [0.25, 0.3) is 0 Å². The molecule has 1 aromatic rings. The van der Waals surface area contributed by atoms with Crippen molar-refractivity contribution in [2.24, 2.45) is 0 Å². The number of aromatic nitrogens is 2. The lowest BCUT2D eigenvalue weighted by atomic mass is 9.92. The summed E-state index contributed by atoms with van der Waals surface area (Å²) < 4.78 is 7.41. The minimum Gasteiger partial charge on any atom is -0.390 e. The van der Waals surface area contributed by atoms with Crippen LogP contribution in [-0.2, 0) is 11.2 Å². The summed E-state index contributed by atoms with van der Waals surface area (Å²) in [4.78, 5) is 0. The molecule has 3 atom stereocenters. The van der Waals surface area contributed by atoms with Gasteiger partial charge in [-0.25, -0.2) is 0 Å². The molecule has 0 amide bonds. The second kappa shape index (κ2) is 6.70. The van der Waals surface area contributed by atoms with Gasteiger partial charge in [-0.2, -0.15) is 5.10 Å². The van der Waals surface area contributed by atoms with E-state index in [4.69, 9.17) is 4.74 Å². The fourth-order valence-electron chi connectivity index (χ4n) is 2.65. The van der Waals surface area contributed by atoms with E-state index in [2.05, 4.69) is 24.3 Å². The van der Waals surface area contributed by atoms with Gasteiger partial charge in [0.2, 0.25) is 0 Å². The molecule has 0 bridgehead atoms. The fourth-order valence-corrected chi connectivity index (χ4v) is 2.65. The highest BCUT2D eigenvalue weighted by molar-refractivity contribution is 5.04. The van der Waals surface area contributed by atoms with E-state index < -0.39 is 5.60 Å². The van der Waals surface area contributed by atoms with Crippen LogP contribution < -0.4 is 5.32 Å². The zero-order chi connectivity index (χ0) is 14.6. The van der Waals surface area contributed by atoms with Gasteiger partial charge in [0, 0.05) is 31.2 Å². The molecule has 5 heteroatoms. The third-order valence-electron chi connectivity index (χ3n) is 3.95. The molecule has 0 spiro atoms. The molecule has 1 aromatic heterocycles. The summed E-state index contributed by atoms with van der Waals surface area (Å²) in [5, 5.41) is 18.5. The Balaban J connectivity index is 1.91. The lowest BCUT2D eigenvalue weighted by molar-refractivity contribution is 0.00587. The minimum absolute atomic E-state index is 0.232. The number of nitrogens with zero attached hydrogens (tertiary/aromatic N) is 2. The van der Waals surface area contributed by atoms with E-state index in [-0.39, 0.29) is 6.04 Å². The number of nitrogens with one attached hydrogen (secondary N) is 1. The number of ether oxygens (including phenoxy) is 1. The molecule has 1 saturated heterocycles. The Hall–Kier alpha value is -0.910. The highest BCUT2D eigenvalue weighted by Gasteiger charge is 2.28. The SMILES string of the molecule is CCC(C)n1ccc(CC(C)(O)CC2COCCN2)n1. The van der Waals surface area contributed by atoms with Gasteiger partial charge in [-0.05, 0) is 32.8 Å². The third-order valence-corrected chi connectivity index (χ3v) is 3.95. The number of hydrogen-bond donors (Lipinski definition) is 2. The van der Waals surface area contributed by atoms with Gasteiger partial charge < -0.3 is 15.2 Å². The van der Waals surface area contributed by atoms with Crippen molar-refractivity contribution in [1.29, 1.82) is 0 Å². The molecule has 114 valence electrons. The molecule has 1 aliphatic rings. The summed E-state index contributed by atoms with van der Waals surface area (Å²) in [5.74, 6) is 0. The molecule has 2 heterocycles. The maximum atomic E-state index is 10.6. The minimum atomic E-state index is -0.757. The molecule has 2 N–H and O–H groups in total. The molecule has 0 radical (unpaired) electrons. The van der Waals surface area contributed by atoms with Crippen molar-refractivity contribution in [1.82, 2.24) is 15.1 Å². The zero-order valence-corrected chi connectivity index (χ0v) is 12.8. The molecule has 20 heavy (non-hydrogen) atoms. The second-order valence-corrected chi connectivity index (χ2v) is 6.15. The van der Waals surface area contributed by atoms with E-state index in [0.717, 1.165) is 25.3 Å². The van der Waals surface area contributed by atoms with Gasteiger partial charge in [0.1, 0.15) is 0 Å². The topological polar surface area (TPSA) is 59.3 Å². The predicted molar refractivity (Wildman–Crippen MR) is 78.8 cm³/mol. The van der Waals surface area contributed by atoms with Crippen LogP contribution in [0.5, 0.6) is 0 Å². The molecule has 0 aliphatic carbocycles. The van der Waals surface area contributed by atoms with Crippen LogP contribution in [-0.4, -0.2) is 46.3 Å². The number of hydrogen-bond acceptors (Lipinski definition) is 4. The Labute approximate surface area is 121 Å². The summed E-state index contributed by atoms with van der Waals surface area (Å²) in [5.41, 5.74) is 0.194. The fraction of sp³-hybridized carbons (Fsp3) is 0.800. The second-order valence-electron chi connectivity index (χ2n) is 6.15. The summed E-state index contributed by atoms with van der Waals surface area (Å²) in [6.07, 6.45) is 4.32. The lowest BCUT2D eigenvalue weighted by Gasteiger charge is -2.31. The normalized spacial score (nSPS) is 24.3. The van der Waals surface area contributed by atoms with E-state index in [0.29, 0.717) is 25.5 Å². The van der Waals surface area contributed by atoms with Crippen LogP contribution in [0.4, 0.5) is 0 Å². The maximum Gasteiger partial charge on any atom is 0.0691 e. The van der Waals surface area contributed by atoms with Crippen molar-refractivity contribution in [3.8, 4) is 0 Å². The highest BCUT2D eigenvalue weighted by Crippen LogP contribution is 2.20. The average molecular weight is 281 g/mol. The van der Waals surface area contributed by atoms with Crippen LogP contribution in [0.3, 0.4) is 0 Å². The largest absolute Gasteiger partial charge is 0.390 e. The van der Waals surface area contributed by atoms with Crippen molar-refractivity contribution in [2.75, 3.05) is 19.8 Å². The van der Waals surface area contributed by atoms with Crippen molar-refractivity contribution in [3.63, 3.8) is 0 Å². The average Bonchev–Trinajstić information content (AvgIpc) is 2.86. The van der Waals surface area contributed by atoms with Crippen LogP contribution in [0, 0.1) is 0 Å². The lowest BCUT2D eigenvalue weighted by Crippen LogP contribution is -2.46. The van der Waals surface area contributed by atoms with Gasteiger partial charge in [0.15, 0.2) is 0 Å². The smallest absolute Gasteiger partial charge is 0.0691 e. The Morgan fingerprint density at radius 3 is 3.10 bits per heavy atom. The van der Waals surface area contributed by atoms with Crippen molar-refractivity contribution < 1.29 is 9.84 Å². The van der Waals surface area contributed by atoms with Crippen LogP contribution in [0.15, 0.2) is 12.3 Å².